The first-order valence-corrected chi connectivity index (χ1v) is 10.6. The SMILES string of the molecule is CCOc1nc2c(-c3cccs3)sc(-c3cccs3)c2nc1OCC. The molecule has 0 aliphatic carbocycles. The van der Waals surface area contributed by atoms with Crippen molar-refractivity contribution in [2.24, 2.45) is 0 Å². The Morgan fingerprint density at radius 2 is 1.28 bits per heavy atom. The van der Waals surface area contributed by atoms with Gasteiger partial charge in [-0.1, -0.05) is 12.1 Å². The molecule has 25 heavy (non-hydrogen) atoms. The van der Waals surface area contributed by atoms with Crippen LogP contribution in [0.5, 0.6) is 11.8 Å². The number of fused-ring (bicyclic) bond motifs is 1. The molecule has 0 saturated heterocycles. The van der Waals surface area contributed by atoms with Gasteiger partial charge in [0, 0.05) is 9.75 Å². The summed E-state index contributed by atoms with van der Waals surface area (Å²) in [5.74, 6) is 0.926. The van der Waals surface area contributed by atoms with Crippen LogP contribution in [0.15, 0.2) is 35.0 Å². The van der Waals surface area contributed by atoms with Gasteiger partial charge in [-0.05, 0) is 36.7 Å². The summed E-state index contributed by atoms with van der Waals surface area (Å²) in [6.45, 7) is 4.92. The van der Waals surface area contributed by atoms with E-state index in [9.17, 15) is 0 Å². The second-order valence-electron chi connectivity index (χ2n) is 5.11. The van der Waals surface area contributed by atoms with Crippen LogP contribution in [0.2, 0.25) is 0 Å². The Kier molecular flexibility index (Phi) is 4.70. The van der Waals surface area contributed by atoms with Gasteiger partial charge < -0.3 is 9.47 Å². The zero-order chi connectivity index (χ0) is 17.2. The first-order chi connectivity index (χ1) is 12.3. The van der Waals surface area contributed by atoms with Crippen molar-refractivity contribution in [3.63, 3.8) is 0 Å². The first-order valence-electron chi connectivity index (χ1n) is 7.99. The molecule has 4 aromatic heterocycles. The molecule has 0 aromatic carbocycles. The highest BCUT2D eigenvalue weighted by Gasteiger charge is 2.22. The predicted octanol–water partition coefficient (Wildman–Crippen LogP) is 5.95. The monoisotopic (exact) mass is 388 g/mol. The Morgan fingerprint density at radius 1 is 0.800 bits per heavy atom. The lowest BCUT2D eigenvalue weighted by Crippen LogP contribution is -2.02. The van der Waals surface area contributed by atoms with E-state index in [0.29, 0.717) is 25.0 Å². The fourth-order valence-corrected chi connectivity index (χ4v) is 5.42. The number of hydrogen-bond acceptors (Lipinski definition) is 7. The summed E-state index contributed by atoms with van der Waals surface area (Å²) >= 11 is 5.14. The van der Waals surface area contributed by atoms with E-state index in [0.717, 1.165) is 20.8 Å². The van der Waals surface area contributed by atoms with Gasteiger partial charge in [0.1, 0.15) is 11.0 Å². The smallest absolute Gasteiger partial charge is 0.278 e. The molecule has 0 atom stereocenters. The molecule has 0 aliphatic rings. The molecule has 0 amide bonds. The number of nitrogens with zero attached hydrogens (tertiary/aromatic N) is 2. The number of aromatic nitrogens is 2. The highest BCUT2D eigenvalue weighted by molar-refractivity contribution is 7.27. The van der Waals surface area contributed by atoms with E-state index in [4.69, 9.17) is 19.4 Å². The van der Waals surface area contributed by atoms with Crippen molar-refractivity contribution in [3.05, 3.63) is 35.0 Å². The maximum Gasteiger partial charge on any atom is 0.278 e. The summed E-state index contributed by atoms with van der Waals surface area (Å²) in [5.41, 5.74) is 1.76. The average Bonchev–Trinajstić information content (AvgIpc) is 3.36. The second kappa shape index (κ2) is 7.11. The molecular formula is C18H16N2O2S3. The topological polar surface area (TPSA) is 44.2 Å². The van der Waals surface area contributed by atoms with Gasteiger partial charge in [0.05, 0.1) is 23.0 Å². The van der Waals surface area contributed by atoms with Gasteiger partial charge in [-0.15, -0.1) is 34.0 Å². The highest BCUT2D eigenvalue weighted by atomic mass is 32.1. The van der Waals surface area contributed by atoms with Crippen molar-refractivity contribution in [1.29, 1.82) is 0 Å². The molecule has 0 fully saturated rings. The van der Waals surface area contributed by atoms with E-state index in [1.165, 1.54) is 9.75 Å². The lowest BCUT2D eigenvalue weighted by Gasteiger charge is -2.09. The van der Waals surface area contributed by atoms with Gasteiger partial charge in [-0.2, -0.15) is 0 Å². The van der Waals surface area contributed by atoms with Crippen molar-refractivity contribution in [2.45, 2.75) is 13.8 Å². The van der Waals surface area contributed by atoms with Crippen LogP contribution in [0.4, 0.5) is 0 Å². The van der Waals surface area contributed by atoms with Crippen LogP contribution in [0.25, 0.3) is 30.5 Å². The van der Waals surface area contributed by atoms with Crippen LogP contribution in [-0.2, 0) is 0 Å². The minimum absolute atomic E-state index is 0.463. The normalized spacial score (nSPS) is 11.1. The molecule has 0 saturated carbocycles. The summed E-state index contributed by atoms with van der Waals surface area (Å²) in [6.07, 6.45) is 0. The van der Waals surface area contributed by atoms with Crippen molar-refractivity contribution < 1.29 is 9.47 Å². The fourth-order valence-electron chi connectivity index (χ4n) is 2.53. The van der Waals surface area contributed by atoms with Crippen LogP contribution in [-0.4, -0.2) is 23.2 Å². The van der Waals surface area contributed by atoms with E-state index < -0.39 is 0 Å². The van der Waals surface area contributed by atoms with Crippen LogP contribution >= 0.6 is 34.0 Å². The largest absolute Gasteiger partial charge is 0.474 e. The summed E-state index contributed by atoms with van der Waals surface area (Å²) in [6, 6.07) is 8.35. The maximum atomic E-state index is 5.68. The maximum absolute atomic E-state index is 5.68. The van der Waals surface area contributed by atoms with E-state index >= 15 is 0 Å². The van der Waals surface area contributed by atoms with E-state index in [2.05, 4.69) is 35.0 Å². The van der Waals surface area contributed by atoms with Crippen LogP contribution in [0.1, 0.15) is 13.8 Å². The predicted molar refractivity (Wildman–Crippen MR) is 106 cm³/mol. The molecule has 0 spiro atoms. The highest BCUT2D eigenvalue weighted by Crippen LogP contribution is 2.46. The third kappa shape index (κ3) is 3.03. The van der Waals surface area contributed by atoms with E-state index in [-0.39, 0.29) is 0 Å². The van der Waals surface area contributed by atoms with Crippen molar-refractivity contribution in [2.75, 3.05) is 13.2 Å². The van der Waals surface area contributed by atoms with Crippen molar-refractivity contribution in [3.8, 4) is 31.3 Å². The Bertz CT molecular complexity index is 898. The number of thiophene rings is 3. The lowest BCUT2D eigenvalue weighted by atomic mass is 10.3. The van der Waals surface area contributed by atoms with Gasteiger partial charge in [-0.25, -0.2) is 9.97 Å². The summed E-state index contributed by atoms with van der Waals surface area (Å²) in [4.78, 5) is 14.2. The van der Waals surface area contributed by atoms with Crippen LogP contribution in [0.3, 0.4) is 0 Å². The lowest BCUT2D eigenvalue weighted by molar-refractivity contribution is 0.271. The molecule has 4 aromatic rings. The Balaban J connectivity index is 2.00. The summed E-state index contributed by atoms with van der Waals surface area (Å²) in [5, 5.41) is 4.16. The van der Waals surface area contributed by atoms with Gasteiger partial charge in [0.25, 0.3) is 11.8 Å². The van der Waals surface area contributed by atoms with Gasteiger partial charge in [0.2, 0.25) is 0 Å². The molecule has 0 aliphatic heterocycles. The number of ether oxygens (including phenoxy) is 2. The standard InChI is InChI=1S/C18H16N2O2S3/c1-3-21-17-18(22-4-2)20-14-13(19-17)15(11-7-5-9-23-11)25-16(14)12-8-6-10-24-12/h5-10H,3-4H2,1-2H3. The van der Waals surface area contributed by atoms with Crippen LogP contribution in [0, 0.1) is 0 Å². The number of rotatable bonds is 6. The Morgan fingerprint density at radius 3 is 1.64 bits per heavy atom. The average molecular weight is 389 g/mol. The molecule has 7 heteroatoms. The van der Waals surface area contributed by atoms with Gasteiger partial charge in [-0.3, -0.25) is 0 Å². The molecule has 0 bridgehead atoms. The molecule has 4 nitrogen and oxygen atoms in total. The molecule has 0 N–H and O–H groups in total. The zero-order valence-corrected chi connectivity index (χ0v) is 16.3. The van der Waals surface area contributed by atoms with E-state index in [1.807, 2.05) is 13.8 Å². The fraction of sp³-hybridized carbons (Fsp3) is 0.222. The second-order valence-corrected chi connectivity index (χ2v) is 8.03. The molecule has 0 radical (unpaired) electrons. The quantitative estimate of drug-likeness (QED) is 0.410. The van der Waals surface area contributed by atoms with Gasteiger partial charge in [0.15, 0.2) is 0 Å². The minimum Gasteiger partial charge on any atom is -0.474 e. The van der Waals surface area contributed by atoms with Crippen LogP contribution < -0.4 is 9.47 Å². The van der Waals surface area contributed by atoms with E-state index in [1.54, 1.807) is 34.0 Å². The molecule has 128 valence electrons. The molecular weight excluding hydrogens is 372 g/mol. The third-order valence-corrected chi connectivity index (χ3v) is 6.79. The molecule has 4 rings (SSSR count). The Hall–Kier alpha value is -1.96. The third-order valence-electron chi connectivity index (χ3n) is 3.52. The van der Waals surface area contributed by atoms with Crippen molar-refractivity contribution in [1.82, 2.24) is 9.97 Å². The number of hydrogen-bond donors (Lipinski definition) is 0. The zero-order valence-electron chi connectivity index (χ0n) is 13.8. The molecule has 0 unspecified atom stereocenters. The van der Waals surface area contributed by atoms with Crippen molar-refractivity contribution >= 4 is 45.0 Å². The minimum atomic E-state index is 0.463. The summed E-state index contributed by atoms with van der Waals surface area (Å²) in [7, 11) is 0. The first kappa shape index (κ1) is 16.5. The Labute approximate surface area is 157 Å². The molecule has 4 heterocycles. The summed E-state index contributed by atoms with van der Waals surface area (Å²) < 4.78 is 11.4. The van der Waals surface area contributed by atoms with Gasteiger partial charge >= 0.3 is 0 Å².